The molecule has 4 rings (SSSR count). The molecule has 1 fully saturated rings. The lowest BCUT2D eigenvalue weighted by Crippen LogP contribution is -2.58. The third-order valence-electron chi connectivity index (χ3n) is 5.81. The quantitative estimate of drug-likeness (QED) is 0.607. The first kappa shape index (κ1) is 20.8. The first-order valence-electron chi connectivity index (χ1n) is 10.8. The van der Waals surface area contributed by atoms with Crippen LogP contribution in [0.3, 0.4) is 0 Å². The fourth-order valence-electron chi connectivity index (χ4n) is 4.13. The van der Waals surface area contributed by atoms with Crippen LogP contribution in [0.2, 0.25) is 0 Å². The predicted octanol–water partition coefficient (Wildman–Crippen LogP) is 4.13. The Morgan fingerprint density at radius 2 is 1.87 bits per heavy atom. The van der Waals surface area contributed by atoms with Gasteiger partial charge in [0.25, 0.3) is 5.91 Å². The van der Waals surface area contributed by atoms with Crippen molar-refractivity contribution in [3.05, 3.63) is 72.6 Å². The van der Waals surface area contributed by atoms with Crippen LogP contribution in [0.4, 0.5) is 5.69 Å². The summed E-state index contributed by atoms with van der Waals surface area (Å²) in [5, 5.41) is 4.11. The van der Waals surface area contributed by atoms with Gasteiger partial charge < -0.3 is 9.80 Å². The average molecular weight is 417 g/mol. The molecule has 0 N–H and O–H groups in total. The van der Waals surface area contributed by atoms with Crippen LogP contribution in [-0.4, -0.2) is 45.6 Å². The maximum absolute atomic E-state index is 13.1. The highest BCUT2D eigenvalue weighted by molar-refractivity contribution is 6.02. The van der Waals surface area contributed by atoms with Crippen LogP contribution in [0, 0.1) is 0 Å². The molecule has 3 aromatic rings. The third kappa shape index (κ3) is 4.53. The highest BCUT2D eigenvalue weighted by Crippen LogP contribution is 2.28. The van der Waals surface area contributed by atoms with E-state index in [0.29, 0.717) is 12.1 Å². The zero-order valence-electron chi connectivity index (χ0n) is 18.1. The Labute approximate surface area is 183 Å². The van der Waals surface area contributed by atoms with Gasteiger partial charge in [-0.15, -0.1) is 0 Å². The summed E-state index contributed by atoms with van der Waals surface area (Å²) < 4.78 is 1.61. The van der Waals surface area contributed by atoms with Crippen molar-refractivity contribution in [1.29, 1.82) is 0 Å². The highest BCUT2D eigenvalue weighted by Gasteiger charge is 2.36. The van der Waals surface area contributed by atoms with Gasteiger partial charge in [-0.3, -0.25) is 14.3 Å². The number of benzene rings is 2. The predicted molar refractivity (Wildman–Crippen MR) is 122 cm³/mol. The minimum Gasteiger partial charge on any atom is -0.324 e. The summed E-state index contributed by atoms with van der Waals surface area (Å²) >= 11 is 0. The average Bonchev–Trinajstić information content (AvgIpc) is 3.24. The van der Waals surface area contributed by atoms with E-state index < -0.39 is 0 Å². The summed E-state index contributed by atoms with van der Waals surface area (Å²) in [4.78, 5) is 29.8. The van der Waals surface area contributed by atoms with Gasteiger partial charge in [-0.1, -0.05) is 62.2 Å². The van der Waals surface area contributed by atoms with Gasteiger partial charge in [0, 0.05) is 25.5 Å². The van der Waals surface area contributed by atoms with E-state index in [4.69, 9.17) is 0 Å². The van der Waals surface area contributed by atoms with Crippen molar-refractivity contribution < 1.29 is 9.59 Å². The fourth-order valence-corrected chi connectivity index (χ4v) is 4.13. The number of amides is 2. The summed E-state index contributed by atoms with van der Waals surface area (Å²) in [6, 6.07) is 18.2. The van der Waals surface area contributed by atoms with E-state index in [1.54, 1.807) is 29.0 Å². The van der Waals surface area contributed by atoms with E-state index in [0.717, 1.165) is 36.1 Å². The van der Waals surface area contributed by atoms with Gasteiger partial charge in [0.15, 0.2) is 0 Å². The molecule has 0 spiro atoms. The van der Waals surface area contributed by atoms with Crippen molar-refractivity contribution >= 4 is 17.5 Å². The number of carbonyl (C=O) groups is 2. The van der Waals surface area contributed by atoms with Gasteiger partial charge in [0.2, 0.25) is 5.91 Å². The highest BCUT2D eigenvalue weighted by atomic mass is 16.2. The Morgan fingerprint density at radius 1 is 1.10 bits per heavy atom. The number of aromatic nitrogens is 2. The van der Waals surface area contributed by atoms with Crippen molar-refractivity contribution in [2.24, 2.45) is 7.05 Å². The number of aryl methyl sites for hydroxylation is 1. The Hall–Kier alpha value is -3.41. The molecule has 1 aliphatic heterocycles. The minimum absolute atomic E-state index is 0.0225. The Morgan fingerprint density at radius 3 is 2.58 bits per heavy atom. The molecule has 160 valence electrons. The maximum atomic E-state index is 13.1. The van der Waals surface area contributed by atoms with E-state index in [1.807, 2.05) is 35.2 Å². The number of piperazine rings is 1. The molecule has 0 bridgehead atoms. The molecule has 31 heavy (non-hydrogen) atoms. The number of anilines is 1. The van der Waals surface area contributed by atoms with Gasteiger partial charge in [0.1, 0.15) is 6.54 Å². The van der Waals surface area contributed by atoms with Crippen LogP contribution >= 0.6 is 0 Å². The van der Waals surface area contributed by atoms with Gasteiger partial charge in [-0.2, -0.15) is 5.10 Å². The first-order chi connectivity index (χ1) is 15.1. The summed E-state index contributed by atoms with van der Waals surface area (Å²) in [6.45, 7) is 2.73. The molecule has 2 aromatic carbocycles. The lowest BCUT2D eigenvalue weighted by molar-refractivity contribution is -0.121. The zero-order chi connectivity index (χ0) is 21.8. The lowest BCUT2D eigenvalue weighted by atomic mass is 10.0. The molecule has 1 saturated heterocycles. The summed E-state index contributed by atoms with van der Waals surface area (Å²) in [6.07, 6.45) is 6.19. The molecule has 0 radical (unpaired) electrons. The van der Waals surface area contributed by atoms with Crippen LogP contribution in [-0.2, 0) is 11.8 Å². The number of rotatable bonds is 6. The summed E-state index contributed by atoms with van der Waals surface area (Å²) in [5.41, 5.74) is 3.59. The number of hydrogen-bond acceptors (Lipinski definition) is 3. The van der Waals surface area contributed by atoms with Crippen molar-refractivity contribution in [1.82, 2.24) is 14.7 Å². The van der Waals surface area contributed by atoms with Crippen molar-refractivity contribution in [3.8, 4) is 11.1 Å². The molecule has 6 heteroatoms. The van der Waals surface area contributed by atoms with E-state index in [1.165, 1.54) is 0 Å². The van der Waals surface area contributed by atoms with Crippen LogP contribution in [0.15, 0.2) is 67.0 Å². The molecule has 2 amide bonds. The van der Waals surface area contributed by atoms with Gasteiger partial charge in [0.05, 0.1) is 17.8 Å². The van der Waals surface area contributed by atoms with E-state index in [-0.39, 0.29) is 24.4 Å². The first-order valence-corrected chi connectivity index (χ1v) is 10.8. The Balaban J connectivity index is 1.60. The zero-order valence-corrected chi connectivity index (χ0v) is 18.1. The number of carbonyl (C=O) groups excluding carboxylic acids is 2. The SMILES string of the molecule is CCCC[C@@H]1CN(c2cccc(-c3ccccc3)c2)C(=O)CN1C(=O)c1cnn(C)c1. The van der Waals surface area contributed by atoms with Gasteiger partial charge in [-0.25, -0.2) is 0 Å². The minimum atomic E-state index is -0.125. The van der Waals surface area contributed by atoms with Crippen LogP contribution in [0.5, 0.6) is 0 Å². The molecular formula is C25H28N4O2. The van der Waals surface area contributed by atoms with Crippen LogP contribution in [0.25, 0.3) is 11.1 Å². The monoisotopic (exact) mass is 416 g/mol. The Bertz CT molecular complexity index is 1060. The standard InChI is InChI=1S/C25H28N4O2/c1-3-4-12-23-17-28(22-13-8-11-20(14-22)19-9-6-5-7-10-19)24(30)18-29(23)25(31)21-15-26-27(2)16-21/h5-11,13-16,23H,3-4,12,17-18H2,1-2H3/t23-/m1/s1. The van der Waals surface area contributed by atoms with E-state index in [9.17, 15) is 9.59 Å². The lowest BCUT2D eigenvalue weighted by Gasteiger charge is -2.41. The fraction of sp³-hybridized carbons (Fsp3) is 0.320. The molecule has 2 heterocycles. The van der Waals surface area contributed by atoms with Crippen LogP contribution in [0.1, 0.15) is 36.5 Å². The molecule has 1 atom stereocenters. The van der Waals surface area contributed by atoms with Crippen molar-refractivity contribution in [2.75, 3.05) is 18.0 Å². The third-order valence-corrected chi connectivity index (χ3v) is 5.81. The largest absolute Gasteiger partial charge is 0.324 e. The van der Waals surface area contributed by atoms with Crippen molar-refractivity contribution in [3.63, 3.8) is 0 Å². The maximum Gasteiger partial charge on any atom is 0.257 e. The number of hydrogen-bond donors (Lipinski definition) is 0. The Kier molecular flexibility index (Phi) is 6.16. The van der Waals surface area contributed by atoms with Crippen LogP contribution < -0.4 is 4.90 Å². The number of unbranched alkanes of at least 4 members (excludes halogenated alkanes) is 1. The second-order valence-electron chi connectivity index (χ2n) is 8.05. The molecule has 1 aliphatic rings. The summed E-state index contributed by atoms with van der Waals surface area (Å²) in [5.74, 6) is -0.185. The topological polar surface area (TPSA) is 58.4 Å². The number of nitrogens with zero attached hydrogens (tertiary/aromatic N) is 4. The molecule has 0 unspecified atom stereocenters. The van der Waals surface area contributed by atoms with Gasteiger partial charge in [-0.05, 0) is 29.7 Å². The molecular weight excluding hydrogens is 388 g/mol. The normalized spacial score (nSPS) is 16.6. The molecule has 0 aliphatic carbocycles. The van der Waals surface area contributed by atoms with Crippen molar-refractivity contribution in [2.45, 2.75) is 32.2 Å². The molecule has 0 saturated carbocycles. The summed E-state index contributed by atoms with van der Waals surface area (Å²) in [7, 11) is 1.79. The molecule has 1 aromatic heterocycles. The smallest absolute Gasteiger partial charge is 0.257 e. The van der Waals surface area contributed by atoms with E-state index in [2.05, 4.69) is 36.3 Å². The second kappa shape index (κ2) is 9.16. The molecule has 6 nitrogen and oxygen atoms in total. The second-order valence-corrected chi connectivity index (χ2v) is 8.05. The van der Waals surface area contributed by atoms with E-state index >= 15 is 0 Å². The van der Waals surface area contributed by atoms with Gasteiger partial charge >= 0.3 is 0 Å².